The molecule has 13 atom stereocenters. The first-order chi connectivity index (χ1) is 21.1. The van der Waals surface area contributed by atoms with Crippen LogP contribution in [0.25, 0.3) is 0 Å². The Labute approximate surface area is 268 Å². The van der Waals surface area contributed by atoms with Gasteiger partial charge in [-0.25, -0.2) is 4.79 Å². The second-order valence-corrected chi connectivity index (χ2v) is 15.6. The van der Waals surface area contributed by atoms with Gasteiger partial charge in [0.15, 0.2) is 0 Å². The number of carboxylic acids is 2. The zero-order valence-corrected chi connectivity index (χ0v) is 28.0. The van der Waals surface area contributed by atoms with Gasteiger partial charge < -0.3 is 31.1 Å². The Morgan fingerprint density at radius 1 is 0.956 bits per heavy atom. The number of hydrogen-bond acceptors (Lipinski definition) is 7. The Kier molecular flexibility index (Phi) is 11.3. The summed E-state index contributed by atoms with van der Waals surface area (Å²) in [5.74, 6) is -0.479. The summed E-state index contributed by atoms with van der Waals surface area (Å²) in [6.07, 6.45) is 8.39. The number of carbonyl (C=O) groups is 4. The van der Waals surface area contributed by atoms with Gasteiger partial charge in [-0.2, -0.15) is 0 Å². The van der Waals surface area contributed by atoms with Crippen molar-refractivity contribution in [1.82, 2.24) is 5.32 Å². The number of aliphatic hydroxyl groups is 1. The fourth-order valence-electron chi connectivity index (χ4n) is 10.4. The van der Waals surface area contributed by atoms with Crippen LogP contribution in [0.3, 0.4) is 0 Å². The average Bonchev–Trinajstić information content (AvgIpc) is 3.36. The molecule has 0 aromatic rings. The molecule has 0 saturated heterocycles. The Bertz CT molecular complexity index is 1100. The third-order valence-corrected chi connectivity index (χ3v) is 13.4. The van der Waals surface area contributed by atoms with Crippen molar-refractivity contribution in [3.63, 3.8) is 0 Å². The van der Waals surface area contributed by atoms with Gasteiger partial charge in [0.1, 0.15) is 18.2 Å². The lowest BCUT2D eigenvalue weighted by atomic mass is 9.43. The molecule has 0 aromatic heterocycles. The molecule has 45 heavy (non-hydrogen) atoms. The predicted octanol–water partition coefficient (Wildman–Crippen LogP) is 4.75. The molecule has 10 heteroatoms. The standard InChI is InChI=1S/C35H58N2O8/c1-6-19(2)31(37-29(39)13-12-27(36)32(42)43)33(44)45-22-15-16-34(4)21(17-22)8-9-23-25-11-10-24(20(3)7-14-30(40)41)35(25,5)28(38)18-26(23)34/h19-28,31,38H,6-18,36H2,1-5H3,(H,37,39)(H,40,41)(H,42,43)/t19-,20+,21+,22+,23-,24+,25-,26-,27-,28-,31-,34-,35+/m0/s1. The maximum Gasteiger partial charge on any atom is 0.329 e. The normalized spacial score (nSPS) is 38.4. The number of nitrogens with one attached hydrogen (secondary N) is 1. The van der Waals surface area contributed by atoms with E-state index in [9.17, 15) is 29.4 Å². The second kappa shape index (κ2) is 14.3. The van der Waals surface area contributed by atoms with Gasteiger partial charge in [0, 0.05) is 12.8 Å². The molecule has 0 unspecified atom stereocenters. The molecule has 4 aliphatic carbocycles. The van der Waals surface area contributed by atoms with Crippen LogP contribution in [0.1, 0.15) is 118 Å². The summed E-state index contributed by atoms with van der Waals surface area (Å²) in [6.45, 7) is 10.7. The maximum absolute atomic E-state index is 13.4. The quantitative estimate of drug-likeness (QED) is 0.179. The lowest BCUT2D eigenvalue weighted by Gasteiger charge is -2.62. The summed E-state index contributed by atoms with van der Waals surface area (Å²) in [6, 6.07) is -1.93. The molecule has 0 bridgehead atoms. The molecule has 4 fully saturated rings. The van der Waals surface area contributed by atoms with Crippen LogP contribution in [-0.2, 0) is 23.9 Å². The average molecular weight is 635 g/mol. The lowest BCUT2D eigenvalue weighted by Crippen LogP contribution is -2.59. The first-order valence-corrected chi connectivity index (χ1v) is 17.5. The van der Waals surface area contributed by atoms with Crippen molar-refractivity contribution in [2.24, 2.45) is 58.0 Å². The van der Waals surface area contributed by atoms with Crippen LogP contribution < -0.4 is 11.1 Å². The summed E-state index contributed by atoms with van der Waals surface area (Å²) < 4.78 is 6.09. The Morgan fingerprint density at radius 2 is 1.67 bits per heavy atom. The van der Waals surface area contributed by atoms with Gasteiger partial charge in [-0.3, -0.25) is 14.4 Å². The van der Waals surface area contributed by atoms with Crippen LogP contribution in [0, 0.1) is 52.3 Å². The molecule has 0 heterocycles. The van der Waals surface area contributed by atoms with Crippen molar-refractivity contribution in [2.45, 2.75) is 142 Å². The van der Waals surface area contributed by atoms with Crippen molar-refractivity contribution < 1.29 is 39.2 Å². The smallest absolute Gasteiger partial charge is 0.329 e. The first-order valence-electron chi connectivity index (χ1n) is 17.5. The fraction of sp³-hybridized carbons (Fsp3) is 0.886. The molecular formula is C35H58N2O8. The van der Waals surface area contributed by atoms with Crippen molar-refractivity contribution in [3.05, 3.63) is 0 Å². The molecule has 0 aliphatic heterocycles. The SMILES string of the molecule is CC[C@H](C)[C@H](NC(=O)CC[C@H](N)C(=O)O)C(=O)O[C@@H]1CC[C@@]2(C)[C@H](CC[C@@H]3[C@@H]2C[C@H](O)[C@]2(C)[C@@H]([C@H](C)CCC(=O)O)CC[C@@H]32)C1. The van der Waals surface area contributed by atoms with Crippen LogP contribution in [0.15, 0.2) is 0 Å². The van der Waals surface area contributed by atoms with Gasteiger partial charge in [-0.15, -0.1) is 0 Å². The molecular weight excluding hydrogens is 576 g/mol. The highest BCUT2D eigenvalue weighted by molar-refractivity contribution is 5.85. The van der Waals surface area contributed by atoms with Crippen LogP contribution in [0.2, 0.25) is 0 Å². The predicted molar refractivity (Wildman–Crippen MR) is 169 cm³/mol. The topological polar surface area (TPSA) is 176 Å². The number of ether oxygens (including phenoxy) is 1. The van der Waals surface area contributed by atoms with Gasteiger partial charge in [-0.05, 0) is 116 Å². The van der Waals surface area contributed by atoms with Gasteiger partial charge in [0.05, 0.1) is 6.10 Å². The molecule has 0 aromatic carbocycles. The molecule has 10 nitrogen and oxygen atoms in total. The third-order valence-electron chi connectivity index (χ3n) is 13.4. The number of carbonyl (C=O) groups excluding carboxylic acids is 2. The summed E-state index contributed by atoms with van der Waals surface area (Å²) in [5.41, 5.74) is 5.43. The van der Waals surface area contributed by atoms with Gasteiger partial charge in [0.2, 0.25) is 5.91 Å². The molecule has 6 N–H and O–H groups in total. The molecule has 4 rings (SSSR count). The van der Waals surface area contributed by atoms with E-state index in [0.717, 1.165) is 51.4 Å². The molecule has 4 aliphatic rings. The van der Waals surface area contributed by atoms with E-state index in [-0.39, 0.29) is 48.0 Å². The largest absolute Gasteiger partial charge is 0.481 e. The zero-order valence-electron chi connectivity index (χ0n) is 28.0. The van der Waals surface area contributed by atoms with Crippen LogP contribution in [0.5, 0.6) is 0 Å². The highest BCUT2D eigenvalue weighted by atomic mass is 16.5. The van der Waals surface area contributed by atoms with E-state index in [0.29, 0.717) is 42.4 Å². The number of aliphatic hydroxyl groups excluding tert-OH is 1. The van der Waals surface area contributed by atoms with Crippen LogP contribution >= 0.6 is 0 Å². The fourth-order valence-corrected chi connectivity index (χ4v) is 10.4. The Morgan fingerprint density at radius 3 is 2.31 bits per heavy atom. The van der Waals surface area contributed by atoms with E-state index in [1.165, 1.54) is 0 Å². The minimum absolute atomic E-state index is 0.00635. The summed E-state index contributed by atoms with van der Waals surface area (Å²) in [4.78, 5) is 48.3. The summed E-state index contributed by atoms with van der Waals surface area (Å²) in [7, 11) is 0. The highest BCUT2D eigenvalue weighted by Crippen LogP contribution is 2.68. The minimum Gasteiger partial charge on any atom is -0.481 e. The van der Waals surface area contributed by atoms with Gasteiger partial charge >= 0.3 is 17.9 Å². The van der Waals surface area contributed by atoms with E-state index in [1.54, 1.807) is 0 Å². The molecule has 256 valence electrons. The van der Waals surface area contributed by atoms with E-state index in [2.05, 4.69) is 26.1 Å². The lowest BCUT2D eigenvalue weighted by molar-refractivity contribution is -0.183. The Balaban J connectivity index is 1.39. The summed E-state index contributed by atoms with van der Waals surface area (Å²) in [5, 5.41) is 32.8. The van der Waals surface area contributed by atoms with E-state index >= 15 is 0 Å². The number of carboxylic acid groups (broad SMARTS) is 2. The van der Waals surface area contributed by atoms with E-state index in [1.807, 2.05) is 13.8 Å². The van der Waals surface area contributed by atoms with Crippen LogP contribution in [0.4, 0.5) is 0 Å². The van der Waals surface area contributed by atoms with Crippen molar-refractivity contribution in [2.75, 3.05) is 0 Å². The molecule has 1 amide bonds. The highest BCUT2D eigenvalue weighted by Gasteiger charge is 2.64. The molecule has 0 radical (unpaired) electrons. The molecule has 4 saturated carbocycles. The van der Waals surface area contributed by atoms with E-state index < -0.39 is 42.0 Å². The number of rotatable bonds is 13. The number of esters is 1. The number of amides is 1. The second-order valence-electron chi connectivity index (χ2n) is 15.6. The Hall–Kier alpha value is -2.20. The van der Waals surface area contributed by atoms with Crippen LogP contribution in [-0.4, -0.2) is 63.4 Å². The first kappa shape index (κ1) is 35.7. The van der Waals surface area contributed by atoms with Crippen molar-refractivity contribution in [3.8, 4) is 0 Å². The minimum atomic E-state index is -1.16. The maximum atomic E-state index is 13.4. The van der Waals surface area contributed by atoms with Gasteiger partial charge in [0.25, 0.3) is 0 Å². The van der Waals surface area contributed by atoms with Gasteiger partial charge in [-0.1, -0.05) is 41.0 Å². The third kappa shape index (κ3) is 7.21. The molecule has 0 spiro atoms. The van der Waals surface area contributed by atoms with Crippen molar-refractivity contribution in [1.29, 1.82) is 0 Å². The van der Waals surface area contributed by atoms with Crippen molar-refractivity contribution >= 4 is 23.8 Å². The number of fused-ring (bicyclic) bond motifs is 5. The zero-order chi connectivity index (χ0) is 33.3. The van der Waals surface area contributed by atoms with E-state index in [4.69, 9.17) is 15.6 Å². The number of hydrogen-bond donors (Lipinski definition) is 5. The monoisotopic (exact) mass is 634 g/mol. The summed E-state index contributed by atoms with van der Waals surface area (Å²) >= 11 is 0. The number of aliphatic carboxylic acids is 2. The number of nitrogens with two attached hydrogens (primary N) is 1.